The Bertz CT molecular complexity index is 678. The summed E-state index contributed by atoms with van der Waals surface area (Å²) in [6.45, 7) is 6.19. The van der Waals surface area contributed by atoms with Crippen LogP contribution in [0.2, 0.25) is 0 Å². The number of guanidine groups is 1. The molecule has 5 nitrogen and oxygen atoms in total. The van der Waals surface area contributed by atoms with Gasteiger partial charge in [-0.1, -0.05) is 6.07 Å². The topological polar surface area (TPSA) is 58.5 Å². The van der Waals surface area contributed by atoms with Crippen molar-refractivity contribution in [3.8, 4) is 5.75 Å². The number of nitrogens with one attached hydrogen (secondary N) is 2. The van der Waals surface area contributed by atoms with E-state index in [0.29, 0.717) is 13.1 Å². The van der Waals surface area contributed by atoms with Gasteiger partial charge in [0.15, 0.2) is 5.96 Å². The largest absolute Gasteiger partial charge is 0.496 e. The lowest BCUT2D eigenvalue weighted by Gasteiger charge is -2.10. The Kier molecular flexibility index (Phi) is 9.60. The average molecular weight is 525 g/mol. The van der Waals surface area contributed by atoms with Gasteiger partial charge in [-0.2, -0.15) is 0 Å². The van der Waals surface area contributed by atoms with Gasteiger partial charge in [0, 0.05) is 17.6 Å². The van der Waals surface area contributed by atoms with Crippen LogP contribution in [0.15, 0.2) is 33.9 Å². The van der Waals surface area contributed by atoms with Crippen LogP contribution >= 0.6 is 51.2 Å². The molecule has 0 bridgehead atoms. The number of aromatic nitrogens is 1. The molecule has 8 heteroatoms. The minimum Gasteiger partial charge on any atom is -0.496 e. The van der Waals surface area contributed by atoms with Gasteiger partial charge in [0.25, 0.3) is 0 Å². The van der Waals surface area contributed by atoms with E-state index in [1.54, 1.807) is 18.4 Å². The molecule has 1 heterocycles. The first-order valence-electron chi connectivity index (χ1n) is 7.38. The van der Waals surface area contributed by atoms with Gasteiger partial charge < -0.3 is 15.4 Å². The van der Waals surface area contributed by atoms with E-state index in [-0.39, 0.29) is 24.0 Å². The van der Waals surface area contributed by atoms with E-state index in [1.807, 2.05) is 24.4 Å². The zero-order chi connectivity index (χ0) is 16.7. The first kappa shape index (κ1) is 21.2. The number of methoxy groups -OCH3 is 1. The molecule has 2 N–H and O–H groups in total. The molecule has 132 valence electrons. The number of hydrogen-bond acceptors (Lipinski definition) is 4. The summed E-state index contributed by atoms with van der Waals surface area (Å²) < 4.78 is 6.17. The number of ether oxygens (including phenoxy) is 1. The summed E-state index contributed by atoms with van der Waals surface area (Å²) >= 11 is 5.19. The minimum absolute atomic E-state index is 0. The molecule has 0 aliphatic carbocycles. The summed E-state index contributed by atoms with van der Waals surface area (Å²) in [5.74, 6) is 1.61. The van der Waals surface area contributed by atoms with Gasteiger partial charge >= 0.3 is 0 Å². The summed E-state index contributed by atoms with van der Waals surface area (Å²) in [7, 11) is 1.66. The molecule has 0 unspecified atom stereocenters. The molecule has 1 aromatic heterocycles. The summed E-state index contributed by atoms with van der Waals surface area (Å²) in [6.07, 6.45) is 1.89. The number of hydrogen-bond donors (Lipinski definition) is 2. The number of rotatable bonds is 6. The van der Waals surface area contributed by atoms with Crippen molar-refractivity contribution in [3.05, 3.63) is 44.3 Å². The molecule has 0 radical (unpaired) electrons. The third-order valence-electron chi connectivity index (χ3n) is 3.06. The van der Waals surface area contributed by atoms with Crippen LogP contribution in [0.25, 0.3) is 0 Å². The highest BCUT2D eigenvalue weighted by molar-refractivity contribution is 14.0. The molecule has 2 aromatic rings. The Labute approximate surface area is 172 Å². The Morgan fingerprint density at radius 3 is 2.75 bits per heavy atom. The summed E-state index contributed by atoms with van der Waals surface area (Å²) in [5, 5.41) is 7.61. The van der Waals surface area contributed by atoms with Crippen molar-refractivity contribution in [1.29, 1.82) is 0 Å². The quantitative estimate of drug-likeness (QED) is 0.339. The highest BCUT2D eigenvalue weighted by Crippen LogP contribution is 2.25. The number of aryl methyl sites for hydroxylation is 1. The van der Waals surface area contributed by atoms with Crippen LogP contribution in [0.1, 0.15) is 22.4 Å². The Balaban J connectivity index is 0.00000288. The maximum absolute atomic E-state index is 5.24. The molecular formula is C16H22BrIN4OS. The monoisotopic (exact) mass is 524 g/mol. The Morgan fingerprint density at radius 1 is 1.38 bits per heavy atom. The fraction of sp³-hybridized carbons (Fsp3) is 0.375. The molecule has 0 fully saturated rings. The molecular weight excluding hydrogens is 503 g/mol. The third-order valence-corrected chi connectivity index (χ3v) is 4.59. The molecule has 0 saturated carbocycles. The fourth-order valence-electron chi connectivity index (χ4n) is 1.96. The molecule has 0 saturated heterocycles. The van der Waals surface area contributed by atoms with Crippen LogP contribution in [0.4, 0.5) is 0 Å². The standard InChI is InChI=1S/C16H21BrN4OS.HI/c1-4-18-16(21-10-15-19-8-11(2)23-15)20-9-12-5-6-14(22-3)13(17)7-12;/h5-8H,4,9-10H2,1-3H3,(H2,18,20,21);1H. The molecule has 24 heavy (non-hydrogen) atoms. The van der Waals surface area contributed by atoms with E-state index in [4.69, 9.17) is 4.74 Å². The van der Waals surface area contributed by atoms with E-state index in [0.717, 1.165) is 33.3 Å². The molecule has 0 atom stereocenters. The lowest BCUT2D eigenvalue weighted by Crippen LogP contribution is -2.36. The maximum Gasteiger partial charge on any atom is 0.191 e. The number of benzene rings is 1. The molecule has 2 rings (SSSR count). The highest BCUT2D eigenvalue weighted by Gasteiger charge is 2.03. The Morgan fingerprint density at radius 2 is 2.17 bits per heavy atom. The van der Waals surface area contributed by atoms with Crippen molar-refractivity contribution in [1.82, 2.24) is 15.6 Å². The Hall–Kier alpha value is -0.870. The van der Waals surface area contributed by atoms with E-state index in [1.165, 1.54) is 4.88 Å². The number of thiazole rings is 1. The van der Waals surface area contributed by atoms with Crippen LogP contribution < -0.4 is 15.4 Å². The predicted molar refractivity (Wildman–Crippen MR) is 115 cm³/mol. The second-order valence-electron chi connectivity index (χ2n) is 4.88. The average Bonchev–Trinajstić information content (AvgIpc) is 2.95. The second-order valence-corrected chi connectivity index (χ2v) is 7.06. The smallest absolute Gasteiger partial charge is 0.191 e. The van der Waals surface area contributed by atoms with Gasteiger partial charge in [-0.3, -0.25) is 0 Å². The van der Waals surface area contributed by atoms with Crippen LogP contribution in [0.5, 0.6) is 5.75 Å². The van der Waals surface area contributed by atoms with E-state index < -0.39 is 0 Å². The summed E-state index contributed by atoms with van der Waals surface area (Å²) in [5.41, 5.74) is 1.11. The van der Waals surface area contributed by atoms with Crippen molar-refractivity contribution in [2.24, 2.45) is 4.99 Å². The molecule has 0 aliphatic rings. The van der Waals surface area contributed by atoms with E-state index in [9.17, 15) is 0 Å². The zero-order valence-corrected chi connectivity index (χ0v) is 18.7. The van der Waals surface area contributed by atoms with Gasteiger partial charge in [0.2, 0.25) is 0 Å². The zero-order valence-electron chi connectivity index (χ0n) is 13.9. The van der Waals surface area contributed by atoms with E-state index in [2.05, 4.69) is 50.4 Å². The van der Waals surface area contributed by atoms with E-state index >= 15 is 0 Å². The van der Waals surface area contributed by atoms with Gasteiger partial charge in [-0.05, 0) is 47.5 Å². The fourth-order valence-corrected chi connectivity index (χ4v) is 3.28. The van der Waals surface area contributed by atoms with Crippen LogP contribution in [-0.4, -0.2) is 24.6 Å². The summed E-state index contributed by atoms with van der Waals surface area (Å²) in [6, 6.07) is 5.98. The first-order chi connectivity index (χ1) is 11.1. The predicted octanol–water partition coefficient (Wildman–Crippen LogP) is 4.10. The number of aliphatic imine (C=N–C) groups is 1. The van der Waals surface area contributed by atoms with Crippen LogP contribution in [-0.2, 0) is 13.1 Å². The minimum atomic E-state index is 0. The van der Waals surface area contributed by atoms with Crippen molar-refractivity contribution >= 4 is 57.2 Å². The molecule has 1 aromatic carbocycles. The number of halogens is 2. The lowest BCUT2D eigenvalue weighted by atomic mass is 10.2. The summed E-state index contributed by atoms with van der Waals surface area (Å²) in [4.78, 5) is 10.2. The van der Waals surface area contributed by atoms with Gasteiger partial charge in [0.1, 0.15) is 10.8 Å². The van der Waals surface area contributed by atoms with Crippen LogP contribution in [0, 0.1) is 6.92 Å². The van der Waals surface area contributed by atoms with Gasteiger partial charge in [-0.25, -0.2) is 9.98 Å². The van der Waals surface area contributed by atoms with Gasteiger partial charge in [0.05, 0.1) is 24.7 Å². The van der Waals surface area contributed by atoms with Gasteiger partial charge in [-0.15, -0.1) is 35.3 Å². The second kappa shape index (κ2) is 10.9. The lowest BCUT2D eigenvalue weighted by molar-refractivity contribution is 0.412. The van der Waals surface area contributed by atoms with Crippen molar-refractivity contribution in [2.75, 3.05) is 13.7 Å². The third kappa shape index (κ3) is 6.56. The SMILES string of the molecule is CCNC(=NCc1ccc(OC)c(Br)c1)NCc1ncc(C)s1.I. The molecule has 0 spiro atoms. The van der Waals surface area contributed by atoms with Crippen molar-refractivity contribution in [3.63, 3.8) is 0 Å². The normalized spacial score (nSPS) is 10.9. The van der Waals surface area contributed by atoms with Crippen molar-refractivity contribution in [2.45, 2.75) is 26.9 Å². The first-order valence-corrected chi connectivity index (χ1v) is 8.99. The highest BCUT2D eigenvalue weighted by atomic mass is 127. The molecule has 0 aliphatic heterocycles. The van der Waals surface area contributed by atoms with Crippen molar-refractivity contribution < 1.29 is 4.74 Å². The maximum atomic E-state index is 5.24. The van der Waals surface area contributed by atoms with Crippen LogP contribution in [0.3, 0.4) is 0 Å². The molecule has 0 amide bonds. The number of nitrogens with zero attached hydrogens (tertiary/aromatic N) is 2.